The molecule has 1 aromatic heterocycles. The van der Waals surface area contributed by atoms with Crippen molar-refractivity contribution in [3.63, 3.8) is 0 Å². The van der Waals surface area contributed by atoms with Crippen LogP contribution in [0.2, 0.25) is 0 Å². The van der Waals surface area contributed by atoms with Crippen LogP contribution in [0.3, 0.4) is 0 Å². The van der Waals surface area contributed by atoms with Gasteiger partial charge in [-0.05, 0) is 25.1 Å². The molecule has 1 atom stereocenters. The second kappa shape index (κ2) is 5.21. The molecule has 1 amide bonds. The molecule has 110 valence electrons. The third kappa shape index (κ3) is 2.50. The Morgan fingerprint density at radius 2 is 2.19 bits per heavy atom. The lowest BCUT2D eigenvalue weighted by atomic mass is 10.1. The number of nitrogens with one attached hydrogen (secondary N) is 1. The van der Waals surface area contributed by atoms with Gasteiger partial charge in [-0.1, -0.05) is 11.6 Å². The highest BCUT2D eigenvalue weighted by atomic mass is 16.4. The number of aliphatic carboxylic acids is 1. The Hall–Kier alpha value is -2.34. The van der Waals surface area contributed by atoms with Crippen molar-refractivity contribution >= 4 is 22.8 Å². The van der Waals surface area contributed by atoms with Gasteiger partial charge in [0.2, 0.25) is 0 Å². The van der Waals surface area contributed by atoms with Crippen LogP contribution in [-0.4, -0.2) is 47.6 Å². The maximum absolute atomic E-state index is 12.5. The summed E-state index contributed by atoms with van der Waals surface area (Å²) in [6.07, 6.45) is 0. The third-order valence-corrected chi connectivity index (χ3v) is 3.67. The number of carbonyl (C=O) groups is 2. The Balaban J connectivity index is 1.93. The van der Waals surface area contributed by atoms with Gasteiger partial charge in [0.1, 0.15) is 11.6 Å². The summed E-state index contributed by atoms with van der Waals surface area (Å²) in [7, 11) is 0. The molecule has 0 radical (unpaired) electrons. The van der Waals surface area contributed by atoms with E-state index in [-0.39, 0.29) is 18.2 Å². The molecule has 1 fully saturated rings. The maximum atomic E-state index is 12.5. The van der Waals surface area contributed by atoms with Crippen molar-refractivity contribution in [3.8, 4) is 0 Å². The summed E-state index contributed by atoms with van der Waals surface area (Å²) in [5.41, 5.74) is 1.71. The van der Waals surface area contributed by atoms with Crippen LogP contribution in [0.15, 0.2) is 28.7 Å². The van der Waals surface area contributed by atoms with Gasteiger partial charge < -0.3 is 19.7 Å². The fourth-order valence-electron chi connectivity index (χ4n) is 2.58. The molecule has 6 nitrogen and oxygen atoms in total. The summed E-state index contributed by atoms with van der Waals surface area (Å²) >= 11 is 0. The van der Waals surface area contributed by atoms with Crippen LogP contribution in [0.5, 0.6) is 0 Å². The minimum absolute atomic E-state index is 0.184. The van der Waals surface area contributed by atoms with Crippen LogP contribution in [0.25, 0.3) is 11.0 Å². The number of aryl methyl sites for hydroxylation is 1. The summed E-state index contributed by atoms with van der Waals surface area (Å²) in [6, 6.07) is 6.47. The molecular weight excluding hydrogens is 272 g/mol. The molecule has 0 saturated carbocycles. The molecule has 1 aliphatic heterocycles. The van der Waals surface area contributed by atoms with Gasteiger partial charge in [0.05, 0.1) is 0 Å². The van der Waals surface area contributed by atoms with E-state index < -0.39 is 12.0 Å². The number of piperazine rings is 1. The first kappa shape index (κ1) is 13.6. The van der Waals surface area contributed by atoms with Crippen molar-refractivity contribution in [2.75, 3.05) is 19.6 Å². The van der Waals surface area contributed by atoms with Gasteiger partial charge in [-0.3, -0.25) is 4.79 Å². The molecule has 21 heavy (non-hydrogen) atoms. The van der Waals surface area contributed by atoms with Gasteiger partial charge in [0.15, 0.2) is 5.76 Å². The highest BCUT2D eigenvalue weighted by molar-refractivity contribution is 5.98. The molecule has 2 aromatic rings. The van der Waals surface area contributed by atoms with E-state index in [1.807, 2.05) is 25.1 Å². The average Bonchev–Trinajstić information content (AvgIpc) is 2.89. The lowest BCUT2D eigenvalue weighted by molar-refractivity contribution is -0.142. The molecule has 1 saturated heterocycles. The van der Waals surface area contributed by atoms with Crippen molar-refractivity contribution in [2.45, 2.75) is 13.0 Å². The van der Waals surface area contributed by atoms with Gasteiger partial charge in [-0.25, -0.2) is 4.79 Å². The van der Waals surface area contributed by atoms with Gasteiger partial charge in [-0.2, -0.15) is 0 Å². The molecule has 1 aliphatic rings. The van der Waals surface area contributed by atoms with Crippen molar-refractivity contribution < 1.29 is 19.1 Å². The Morgan fingerprint density at radius 1 is 1.38 bits per heavy atom. The second-order valence-corrected chi connectivity index (χ2v) is 5.21. The summed E-state index contributed by atoms with van der Waals surface area (Å²) in [5.74, 6) is -1.20. The molecule has 1 aromatic carbocycles. The molecular formula is C15H16N2O4. The number of hydrogen-bond donors (Lipinski definition) is 2. The van der Waals surface area contributed by atoms with E-state index in [0.29, 0.717) is 18.7 Å². The fourth-order valence-corrected chi connectivity index (χ4v) is 2.58. The van der Waals surface area contributed by atoms with E-state index in [2.05, 4.69) is 5.32 Å². The number of rotatable bonds is 2. The average molecular weight is 288 g/mol. The highest BCUT2D eigenvalue weighted by Gasteiger charge is 2.33. The number of fused-ring (bicyclic) bond motifs is 1. The molecule has 1 unspecified atom stereocenters. The Labute approximate surface area is 121 Å². The highest BCUT2D eigenvalue weighted by Crippen LogP contribution is 2.22. The fraction of sp³-hybridized carbons (Fsp3) is 0.333. The Bertz CT molecular complexity index is 707. The lowest BCUT2D eigenvalue weighted by Crippen LogP contribution is -2.56. The Kier molecular flexibility index (Phi) is 3.39. The van der Waals surface area contributed by atoms with Crippen LogP contribution in [0.1, 0.15) is 16.1 Å². The summed E-state index contributed by atoms with van der Waals surface area (Å²) in [4.78, 5) is 25.1. The molecule has 0 bridgehead atoms. The minimum Gasteiger partial charge on any atom is -0.480 e. The van der Waals surface area contributed by atoms with E-state index in [4.69, 9.17) is 4.42 Å². The smallest absolute Gasteiger partial charge is 0.327 e. The van der Waals surface area contributed by atoms with Gasteiger partial charge >= 0.3 is 5.97 Å². The van der Waals surface area contributed by atoms with Crippen LogP contribution < -0.4 is 5.32 Å². The maximum Gasteiger partial charge on any atom is 0.327 e. The third-order valence-electron chi connectivity index (χ3n) is 3.67. The van der Waals surface area contributed by atoms with E-state index >= 15 is 0 Å². The normalized spacial score (nSPS) is 18.9. The number of furan rings is 1. The van der Waals surface area contributed by atoms with Crippen LogP contribution >= 0.6 is 0 Å². The van der Waals surface area contributed by atoms with Crippen molar-refractivity contribution in [3.05, 3.63) is 35.6 Å². The number of hydrogen-bond acceptors (Lipinski definition) is 4. The largest absolute Gasteiger partial charge is 0.480 e. The molecule has 2 N–H and O–H groups in total. The number of carbonyl (C=O) groups excluding carboxylic acids is 1. The van der Waals surface area contributed by atoms with Crippen LogP contribution in [-0.2, 0) is 4.79 Å². The zero-order chi connectivity index (χ0) is 15.0. The second-order valence-electron chi connectivity index (χ2n) is 5.21. The molecule has 2 heterocycles. The van der Waals surface area contributed by atoms with Gasteiger partial charge in [0.25, 0.3) is 5.91 Å². The number of amides is 1. The number of nitrogens with zero attached hydrogens (tertiary/aromatic N) is 1. The van der Waals surface area contributed by atoms with Crippen LogP contribution in [0, 0.1) is 6.92 Å². The number of benzene rings is 1. The minimum atomic E-state index is -1.01. The van der Waals surface area contributed by atoms with E-state index in [1.54, 1.807) is 6.07 Å². The zero-order valence-electron chi connectivity index (χ0n) is 11.6. The van der Waals surface area contributed by atoms with Crippen molar-refractivity contribution in [1.82, 2.24) is 10.2 Å². The standard InChI is InChI=1S/C15H16N2O4/c1-9-2-3-12-10(6-9)7-13(21-12)14(18)17-5-4-16-8-11(17)15(19)20/h2-3,6-7,11,16H,4-5,8H2,1H3,(H,19,20). The lowest BCUT2D eigenvalue weighted by Gasteiger charge is -2.32. The van der Waals surface area contributed by atoms with E-state index in [0.717, 1.165) is 10.9 Å². The first-order chi connectivity index (χ1) is 10.1. The first-order valence-corrected chi connectivity index (χ1v) is 6.81. The van der Waals surface area contributed by atoms with E-state index in [1.165, 1.54) is 4.90 Å². The zero-order valence-corrected chi connectivity index (χ0v) is 11.6. The first-order valence-electron chi connectivity index (χ1n) is 6.81. The molecule has 0 spiro atoms. The quantitative estimate of drug-likeness (QED) is 0.868. The summed E-state index contributed by atoms with van der Waals surface area (Å²) < 4.78 is 5.56. The Morgan fingerprint density at radius 3 is 2.95 bits per heavy atom. The monoisotopic (exact) mass is 288 g/mol. The van der Waals surface area contributed by atoms with Crippen molar-refractivity contribution in [1.29, 1.82) is 0 Å². The predicted octanol–water partition coefficient (Wildman–Crippen LogP) is 1.24. The van der Waals surface area contributed by atoms with E-state index in [9.17, 15) is 14.7 Å². The number of carboxylic acid groups (broad SMARTS) is 1. The summed E-state index contributed by atoms with van der Waals surface area (Å²) in [6.45, 7) is 3.14. The van der Waals surface area contributed by atoms with Crippen molar-refractivity contribution in [2.24, 2.45) is 0 Å². The molecule has 3 rings (SSSR count). The SMILES string of the molecule is Cc1ccc2oc(C(=O)N3CCNCC3C(=O)O)cc2c1. The molecule has 6 heteroatoms. The molecule has 0 aliphatic carbocycles. The van der Waals surface area contributed by atoms with Crippen LogP contribution in [0.4, 0.5) is 0 Å². The predicted molar refractivity (Wildman–Crippen MR) is 76.3 cm³/mol. The van der Waals surface area contributed by atoms with Gasteiger partial charge in [0, 0.05) is 25.0 Å². The van der Waals surface area contributed by atoms with Gasteiger partial charge in [-0.15, -0.1) is 0 Å². The topological polar surface area (TPSA) is 82.8 Å². The summed E-state index contributed by atoms with van der Waals surface area (Å²) in [5, 5.41) is 13.0. The number of carboxylic acids is 1.